The van der Waals surface area contributed by atoms with E-state index in [0.29, 0.717) is 5.92 Å². The van der Waals surface area contributed by atoms with Gasteiger partial charge in [0.1, 0.15) is 0 Å². The number of hydrogen-bond acceptors (Lipinski definition) is 2. The van der Waals surface area contributed by atoms with E-state index >= 15 is 0 Å². The Morgan fingerprint density at radius 3 is 2.06 bits per heavy atom. The third-order valence-electron chi connectivity index (χ3n) is 2.69. The molecule has 2 rings (SSSR count). The van der Waals surface area contributed by atoms with Crippen LogP contribution in [0.25, 0.3) is 0 Å². The zero-order valence-corrected chi connectivity index (χ0v) is 11.3. The Morgan fingerprint density at radius 2 is 1.47 bits per heavy atom. The fourth-order valence-corrected chi connectivity index (χ4v) is 3.26. The molecule has 1 atom stereocenters. The molecular weight excluding hydrogens is 244 g/mol. The summed E-state index contributed by atoms with van der Waals surface area (Å²) in [5.41, 5.74) is 1.38. The molecule has 88 valence electrons. The summed E-state index contributed by atoms with van der Waals surface area (Å²) < 4.78 is 0. The van der Waals surface area contributed by atoms with E-state index in [4.69, 9.17) is 0 Å². The Bertz CT molecular complexity index is 425. The Balaban J connectivity index is 1.97. The average molecular weight is 260 g/mol. The number of thiol groups is 1. The second kappa shape index (κ2) is 6.77. The number of benzene rings is 2. The third kappa shape index (κ3) is 3.83. The third-order valence-corrected chi connectivity index (χ3v) is 4.30. The van der Waals surface area contributed by atoms with Crippen molar-refractivity contribution in [3.8, 4) is 0 Å². The predicted molar refractivity (Wildman–Crippen MR) is 80.2 cm³/mol. The van der Waals surface area contributed by atoms with Gasteiger partial charge in [0.05, 0.1) is 0 Å². The quantitative estimate of drug-likeness (QED) is 0.610. The van der Waals surface area contributed by atoms with Crippen LogP contribution in [0, 0.1) is 0 Å². The monoisotopic (exact) mass is 260 g/mol. The van der Waals surface area contributed by atoms with E-state index < -0.39 is 0 Å². The van der Waals surface area contributed by atoms with E-state index in [-0.39, 0.29) is 0 Å². The molecule has 0 aliphatic carbocycles. The van der Waals surface area contributed by atoms with Crippen molar-refractivity contribution in [3.05, 3.63) is 66.2 Å². The van der Waals surface area contributed by atoms with Gasteiger partial charge in [-0.15, -0.1) is 11.8 Å². The first-order valence-electron chi connectivity index (χ1n) is 5.74. The minimum atomic E-state index is 0.518. The second-order valence-electron chi connectivity index (χ2n) is 3.91. The fourth-order valence-electron chi connectivity index (χ4n) is 1.69. The molecule has 1 unspecified atom stereocenters. The van der Waals surface area contributed by atoms with Gasteiger partial charge in [0.25, 0.3) is 0 Å². The highest BCUT2D eigenvalue weighted by Gasteiger charge is 2.09. The first-order chi connectivity index (χ1) is 8.40. The maximum absolute atomic E-state index is 4.46. The van der Waals surface area contributed by atoms with Gasteiger partial charge in [-0.25, -0.2) is 0 Å². The van der Waals surface area contributed by atoms with Gasteiger partial charge < -0.3 is 0 Å². The van der Waals surface area contributed by atoms with Crippen LogP contribution >= 0.6 is 24.4 Å². The van der Waals surface area contributed by atoms with Gasteiger partial charge in [0.2, 0.25) is 0 Å². The molecule has 17 heavy (non-hydrogen) atoms. The maximum atomic E-state index is 4.46. The van der Waals surface area contributed by atoms with Crippen LogP contribution in [0.5, 0.6) is 0 Å². The van der Waals surface area contributed by atoms with Crippen molar-refractivity contribution in [2.45, 2.75) is 10.8 Å². The molecule has 0 aromatic heterocycles. The normalized spacial score (nSPS) is 12.3. The molecular formula is C15H16S2. The molecule has 0 amide bonds. The van der Waals surface area contributed by atoms with Gasteiger partial charge in [-0.05, 0) is 23.4 Å². The first kappa shape index (κ1) is 12.6. The van der Waals surface area contributed by atoms with E-state index in [1.807, 2.05) is 11.8 Å². The van der Waals surface area contributed by atoms with Crippen LogP contribution in [-0.4, -0.2) is 11.5 Å². The molecule has 0 bridgehead atoms. The summed E-state index contributed by atoms with van der Waals surface area (Å²) in [5.74, 6) is 2.49. The number of hydrogen-bond donors (Lipinski definition) is 1. The van der Waals surface area contributed by atoms with E-state index in [2.05, 4.69) is 73.3 Å². The van der Waals surface area contributed by atoms with Gasteiger partial charge in [0.15, 0.2) is 0 Å². The average Bonchev–Trinajstić information content (AvgIpc) is 2.42. The van der Waals surface area contributed by atoms with Crippen LogP contribution in [0.4, 0.5) is 0 Å². The van der Waals surface area contributed by atoms with Crippen LogP contribution in [0.1, 0.15) is 11.5 Å². The van der Waals surface area contributed by atoms with Gasteiger partial charge in [-0.1, -0.05) is 48.5 Å². The van der Waals surface area contributed by atoms with E-state index in [9.17, 15) is 0 Å². The highest BCUT2D eigenvalue weighted by molar-refractivity contribution is 7.99. The molecule has 0 saturated carbocycles. The van der Waals surface area contributed by atoms with Crippen molar-refractivity contribution in [3.63, 3.8) is 0 Å². The lowest BCUT2D eigenvalue weighted by molar-refractivity contribution is 0.898. The van der Waals surface area contributed by atoms with Crippen molar-refractivity contribution in [1.29, 1.82) is 0 Å². The van der Waals surface area contributed by atoms with Crippen molar-refractivity contribution in [2.75, 3.05) is 11.5 Å². The molecule has 2 heteroatoms. The molecule has 0 radical (unpaired) electrons. The summed E-state index contributed by atoms with van der Waals surface area (Å²) in [6, 6.07) is 21.2. The summed E-state index contributed by atoms with van der Waals surface area (Å²) in [4.78, 5) is 1.33. The minimum absolute atomic E-state index is 0.518. The second-order valence-corrected chi connectivity index (χ2v) is 5.37. The van der Waals surface area contributed by atoms with Gasteiger partial charge in [-0.2, -0.15) is 12.6 Å². The van der Waals surface area contributed by atoms with Crippen molar-refractivity contribution in [2.24, 2.45) is 0 Å². The molecule has 0 aliphatic heterocycles. The fraction of sp³-hybridized carbons (Fsp3) is 0.200. The molecule has 2 aromatic carbocycles. The molecule has 0 N–H and O–H groups in total. The lowest BCUT2D eigenvalue weighted by Gasteiger charge is -2.14. The van der Waals surface area contributed by atoms with Crippen molar-refractivity contribution in [1.82, 2.24) is 0 Å². The molecule has 2 aromatic rings. The smallest absolute Gasteiger partial charge is 0.00721 e. The standard InChI is InChI=1S/C15H16S2/c16-11-14(13-7-3-1-4-8-13)12-17-15-9-5-2-6-10-15/h1-10,14,16H,11-12H2. The summed E-state index contributed by atoms with van der Waals surface area (Å²) >= 11 is 6.36. The summed E-state index contributed by atoms with van der Waals surface area (Å²) in [6.07, 6.45) is 0. The van der Waals surface area contributed by atoms with Crippen LogP contribution in [0.3, 0.4) is 0 Å². The SMILES string of the molecule is SCC(CSc1ccccc1)c1ccccc1. The van der Waals surface area contributed by atoms with Crippen molar-refractivity contribution >= 4 is 24.4 Å². The highest BCUT2D eigenvalue weighted by atomic mass is 32.2. The Morgan fingerprint density at radius 1 is 0.882 bits per heavy atom. The molecule has 0 spiro atoms. The largest absolute Gasteiger partial charge is 0.179 e. The van der Waals surface area contributed by atoms with Gasteiger partial charge in [-0.3, -0.25) is 0 Å². The van der Waals surface area contributed by atoms with Crippen LogP contribution < -0.4 is 0 Å². The molecule has 0 nitrogen and oxygen atoms in total. The zero-order chi connectivity index (χ0) is 11.9. The van der Waals surface area contributed by atoms with Gasteiger partial charge >= 0.3 is 0 Å². The van der Waals surface area contributed by atoms with Crippen LogP contribution in [0.15, 0.2) is 65.6 Å². The summed E-state index contributed by atoms with van der Waals surface area (Å²) in [5, 5.41) is 0. The van der Waals surface area contributed by atoms with Crippen LogP contribution in [0.2, 0.25) is 0 Å². The van der Waals surface area contributed by atoms with Gasteiger partial charge in [0, 0.05) is 16.6 Å². The Hall–Kier alpha value is -0.860. The minimum Gasteiger partial charge on any atom is -0.179 e. The number of rotatable bonds is 5. The molecule has 0 fully saturated rings. The van der Waals surface area contributed by atoms with E-state index in [1.54, 1.807) is 0 Å². The molecule has 0 saturated heterocycles. The lowest BCUT2D eigenvalue weighted by atomic mass is 10.0. The Kier molecular flexibility index (Phi) is 5.02. The van der Waals surface area contributed by atoms with Crippen LogP contribution in [-0.2, 0) is 0 Å². The highest BCUT2D eigenvalue weighted by Crippen LogP contribution is 2.26. The topological polar surface area (TPSA) is 0 Å². The van der Waals surface area contributed by atoms with Crippen molar-refractivity contribution < 1.29 is 0 Å². The van der Waals surface area contributed by atoms with E-state index in [0.717, 1.165) is 11.5 Å². The van der Waals surface area contributed by atoms with E-state index in [1.165, 1.54) is 10.5 Å². The summed E-state index contributed by atoms with van der Waals surface area (Å²) in [6.45, 7) is 0. The number of thioether (sulfide) groups is 1. The molecule has 0 aliphatic rings. The summed E-state index contributed by atoms with van der Waals surface area (Å²) in [7, 11) is 0. The predicted octanol–water partition coefficient (Wildman–Crippen LogP) is 4.49. The maximum Gasteiger partial charge on any atom is 0.00721 e. The first-order valence-corrected chi connectivity index (χ1v) is 7.35. The Labute approximate surface area is 113 Å². The molecule has 0 heterocycles. The zero-order valence-electron chi connectivity index (χ0n) is 9.62. The lowest BCUT2D eigenvalue weighted by Crippen LogP contribution is -2.03.